The van der Waals surface area contributed by atoms with Gasteiger partial charge in [-0.1, -0.05) is 18.2 Å². The molecule has 6 nitrogen and oxygen atoms in total. The van der Waals surface area contributed by atoms with E-state index in [1.165, 1.54) is 6.92 Å². The SMILES string of the molecule is CC(=O)Nc1ccccc1CNC1CN(C(=O)OC(C)(C)C)C1. The number of hydrogen-bond donors (Lipinski definition) is 2. The second kappa shape index (κ2) is 7.00. The second-order valence-corrected chi connectivity index (χ2v) is 6.80. The summed E-state index contributed by atoms with van der Waals surface area (Å²) in [5.74, 6) is -0.0859. The Balaban J connectivity index is 1.79. The number of likely N-dealkylation sites (tertiary alicyclic amines) is 1. The van der Waals surface area contributed by atoms with Crippen molar-refractivity contribution in [1.29, 1.82) is 0 Å². The maximum absolute atomic E-state index is 11.9. The number of hydrogen-bond acceptors (Lipinski definition) is 4. The number of para-hydroxylation sites is 1. The van der Waals surface area contributed by atoms with E-state index in [1.54, 1.807) is 4.90 Å². The van der Waals surface area contributed by atoms with E-state index in [4.69, 9.17) is 4.74 Å². The average molecular weight is 319 g/mol. The first kappa shape index (κ1) is 17.3. The van der Waals surface area contributed by atoms with Crippen molar-refractivity contribution in [3.63, 3.8) is 0 Å². The molecule has 1 aromatic carbocycles. The molecule has 126 valence electrons. The first-order valence-electron chi connectivity index (χ1n) is 7.81. The highest BCUT2D eigenvalue weighted by Crippen LogP contribution is 2.18. The van der Waals surface area contributed by atoms with E-state index < -0.39 is 5.60 Å². The molecular weight excluding hydrogens is 294 g/mol. The summed E-state index contributed by atoms with van der Waals surface area (Å²) in [6.45, 7) is 8.99. The zero-order valence-corrected chi connectivity index (χ0v) is 14.2. The number of benzene rings is 1. The summed E-state index contributed by atoms with van der Waals surface area (Å²) in [4.78, 5) is 24.8. The van der Waals surface area contributed by atoms with Gasteiger partial charge < -0.3 is 20.3 Å². The van der Waals surface area contributed by atoms with Gasteiger partial charge in [0.25, 0.3) is 0 Å². The predicted octanol–water partition coefficient (Wildman–Crippen LogP) is 2.35. The predicted molar refractivity (Wildman–Crippen MR) is 89.2 cm³/mol. The molecule has 23 heavy (non-hydrogen) atoms. The minimum Gasteiger partial charge on any atom is -0.444 e. The Morgan fingerprint density at radius 2 is 1.91 bits per heavy atom. The van der Waals surface area contributed by atoms with Gasteiger partial charge in [-0.2, -0.15) is 0 Å². The second-order valence-electron chi connectivity index (χ2n) is 6.80. The van der Waals surface area contributed by atoms with Gasteiger partial charge in [-0.25, -0.2) is 4.79 Å². The van der Waals surface area contributed by atoms with Crippen molar-refractivity contribution in [1.82, 2.24) is 10.2 Å². The summed E-state index contributed by atoms with van der Waals surface area (Å²) in [6.07, 6.45) is -0.269. The van der Waals surface area contributed by atoms with Crippen LogP contribution in [0, 0.1) is 0 Å². The lowest BCUT2D eigenvalue weighted by Gasteiger charge is -2.40. The standard InChI is InChI=1S/C17H25N3O3/c1-12(21)19-15-8-6-5-7-13(15)9-18-14-10-20(11-14)16(22)23-17(2,3)4/h5-8,14,18H,9-11H2,1-4H3,(H,19,21). The Labute approximate surface area is 137 Å². The van der Waals surface area contributed by atoms with Gasteiger partial charge in [0.1, 0.15) is 5.60 Å². The Bertz CT molecular complexity index is 575. The normalized spacial score (nSPS) is 15.0. The molecule has 1 aliphatic heterocycles. The Kier molecular flexibility index (Phi) is 5.26. The van der Waals surface area contributed by atoms with Crippen LogP contribution >= 0.6 is 0 Å². The Hall–Kier alpha value is -2.08. The summed E-state index contributed by atoms with van der Waals surface area (Å²) in [7, 11) is 0. The highest BCUT2D eigenvalue weighted by molar-refractivity contribution is 5.89. The van der Waals surface area contributed by atoms with Crippen molar-refractivity contribution in [3.05, 3.63) is 29.8 Å². The zero-order chi connectivity index (χ0) is 17.0. The molecule has 2 rings (SSSR count). The number of rotatable bonds is 4. The number of nitrogens with one attached hydrogen (secondary N) is 2. The molecule has 1 aliphatic rings. The van der Waals surface area contributed by atoms with Crippen molar-refractivity contribution < 1.29 is 14.3 Å². The number of carbonyl (C=O) groups is 2. The number of anilines is 1. The number of amides is 2. The van der Waals surface area contributed by atoms with E-state index in [1.807, 2.05) is 45.0 Å². The van der Waals surface area contributed by atoms with Crippen LogP contribution in [0.2, 0.25) is 0 Å². The zero-order valence-electron chi connectivity index (χ0n) is 14.2. The van der Waals surface area contributed by atoms with Gasteiger partial charge in [-0.3, -0.25) is 4.79 Å². The van der Waals surface area contributed by atoms with E-state index in [0.29, 0.717) is 19.6 Å². The number of carbonyl (C=O) groups excluding carboxylic acids is 2. The highest BCUT2D eigenvalue weighted by atomic mass is 16.6. The number of ether oxygens (including phenoxy) is 1. The fraction of sp³-hybridized carbons (Fsp3) is 0.529. The largest absolute Gasteiger partial charge is 0.444 e. The van der Waals surface area contributed by atoms with Crippen LogP contribution in [0.1, 0.15) is 33.3 Å². The fourth-order valence-corrected chi connectivity index (χ4v) is 2.32. The van der Waals surface area contributed by atoms with Gasteiger partial charge in [0.15, 0.2) is 0 Å². The molecule has 1 saturated heterocycles. The third kappa shape index (κ3) is 5.25. The molecule has 0 saturated carbocycles. The van der Waals surface area contributed by atoms with E-state index in [9.17, 15) is 9.59 Å². The van der Waals surface area contributed by atoms with E-state index in [-0.39, 0.29) is 18.0 Å². The molecule has 2 N–H and O–H groups in total. The molecule has 0 aromatic heterocycles. The third-order valence-electron chi connectivity index (χ3n) is 3.44. The summed E-state index contributed by atoms with van der Waals surface area (Å²) in [5.41, 5.74) is 1.38. The van der Waals surface area contributed by atoms with Gasteiger partial charge in [-0.15, -0.1) is 0 Å². The summed E-state index contributed by atoms with van der Waals surface area (Å²) in [5, 5.41) is 6.22. The molecule has 0 bridgehead atoms. The van der Waals surface area contributed by atoms with Gasteiger partial charge in [0.2, 0.25) is 5.91 Å². The molecule has 0 atom stereocenters. The Morgan fingerprint density at radius 3 is 2.52 bits per heavy atom. The van der Waals surface area contributed by atoms with Crippen molar-refractivity contribution in [2.24, 2.45) is 0 Å². The average Bonchev–Trinajstić information content (AvgIpc) is 2.35. The quantitative estimate of drug-likeness (QED) is 0.894. The monoisotopic (exact) mass is 319 g/mol. The van der Waals surface area contributed by atoms with Crippen LogP contribution < -0.4 is 10.6 Å². The van der Waals surface area contributed by atoms with Gasteiger partial charge in [0.05, 0.1) is 0 Å². The van der Waals surface area contributed by atoms with Crippen LogP contribution in [-0.4, -0.2) is 41.6 Å². The van der Waals surface area contributed by atoms with Crippen LogP contribution in [0.4, 0.5) is 10.5 Å². The van der Waals surface area contributed by atoms with E-state index >= 15 is 0 Å². The molecular formula is C17H25N3O3. The summed E-state index contributed by atoms with van der Waals surface area (Å²) < 4.78 is 5.33. The molecule has 0 unspecified atom stereocenters. The third-order valence-corrected chi connectivity index (χ3v) is 3.44. The van der Waals surface area contributed by atoms with Crippen molar-refractivity contribution in [2.45, 2.75) is 45.9 Å². The molecule has 1 fully saturated rings. The summed E-state index contributed by atoms with van der Waals surface area (Å²) in [6, 6.07) is 7.93. The van der Waals surface area contributed by atoms with Crippen LogP contribution in [-0.2, 0) is 16.1 Å². The molecule has 1 aromatic rings. The smallest absolute Gasteiger partial charge is 0.410 e. The molecule has 2 amide bonds. The summed E-state index contributed by atoms with van der Waals surface area (Å²) >= 11 is 0. The Morgan fingerprint density at radius 1 is 1.26 bits per heavy atom. The van der Waals surface area contributed by atoms with E-state index in [0.717, 1.165) is 11.3 Å². The van der Waals surface area contributed by atoms with Crippen LogP contribution in [0.15, 0.2) is 24.3 Å². The fourth-order valence-electron chi connectivity index (χ4n) is 2.32. The van der Waals surface area contributed by atoms with Crippen molar-refractivity contribution in [3.8, 4) is 0 Å². The number of nitrogens with zero attached hydrogens (tertiary/aromatic N) is 1. The molecule has 0 radical (unpaired) electrons. The van der Waals surface area contributed by atoms with Gasteiger partial charge in [-0.05, 0) is 32.4 Å². The van der Waals surface area contributed by atoms with E-state index in [2.05, 4.69) is 10.6 Å². The highest BCUT2D eigenvalue weighted by Gasteiger charge is 2.33. The topological polar surface area (TPSA) is 70.7 Å². The van der Waals surface area contributed by atoms with Gasteiger partial charge in [0, 0.05) is 38.3 Å². The van der Waals surface area contributed by atoms with Gasteiger partial charge >= 0.3 is 6.09 Å². The van der Waals surface area contributed by atoms with Crippen LogP contribution in [0.5, 0.6) is 0 Å². The molecule has 6 heteroatoms. The maximum Gasteiger partial charge on any atom is 0.410 e. The minimum atomic E-state index is -0.465. The minimum absolute atomic E-state index is 0.0859. The lowest BCUT2D eigenvalue weighted by Crippen LogP contribution is -2.60. The lowest BCUT2D eigenvalue weighted by atomic mass is 10.1. The molecule has 0 aliphatic carbocycles. The van der Waals surface area contributed by atoms with Crippen LogP contribution in [0.3, 0.4) is 0 Å². The van der Waals surface area contributed by atoms with Crippen molar-refractivity contribution in [2.75, 3.05) is 18.4 Å². The molecule has 1 heterocycles. The lowest BCUT2D eigenvalue weighted by molar-refractivity contribution is -0.114. The first-order valence-corrected chi connectivity index (χ1v) is 7.81. The maximum atomic E-state index is 11.9. The first-order chi connectivity index (χ1) is 10.7. The molecule has 0 spiro atoms. The van der Waals surface area contributed by atoms with Crippen molar-refractivity contribution >= 4 is 17.7 Å². The van der Waals surface area contributed by atoms with Crippen LogP contribution in [0.25, 0.3) is 0 Å².